The maximum atomic E-state index is 13.3. The Hall–Kier alpha value is -1.40. The van der Waals surface area contributed by atoms with E-state index >= 15 is 0 Å². The van der Waals surface area contributed by atoms with Crippen LogP contribution in [0.3, 0.4) is 0 Å². The summed E-state index contributed by atoms with van der Waals surface area (Å²) in [5.74, 6) is 1.68. The van der Waals surface area contributed by atoms with E-state index in [2.05, 4.69) is 33.8 Å². The lowest BCUT2D eigenvalue weighted by molar-refractivity contribution is -0.167. The molecular weight excluding hydrogens is 456 g/mol. The number of aliphatic hydroxyl groups excluding tert-OH is 2. The van der Waals surface area contributed by atoms with Gasteiger partial charge < -0.3 is 19.7 Å². The van der Waals surface area contributed by atoms with Crippen LogP contribution in [0.25, 0.3) is 0 Å². The maximum absolute atomic E-state index is 13.3. The van der Waals surface area contributed by atoms with Gasteiger partial charge in [-0.3, -0.25) is 9.59 Å². The molecule has 5 aliphatic carbocycles. The first-order chi connectivity index (χ1) is 16.9. The van der Waals surface area contributed by atoms with Crippen molar-refractivity contribution in [1.29, 1.82) is 0 Å². The third-order valence-electron chi connectivity index (χ3n) is 12.8. The molecule has 0 bridgehead atoms. The molecule has 0 spiro atoms. The van der Waals surface area contributed by atoms with E-state index in [0.717, 1.165) is 25.7 Å². The van der Waals surface area contributed by atoms with Crippen LogP contribution in [0.5, 0.6) is 0 Å². The predicted molar refractivity (Wildman–Crippen MR) is 133 cm³/mol. The van der Waals surface area contributed by atoms with Gasteiger partial charge in [0.1, 0.15) is 6.10 Å². The van der Waals surface area contributed by atoms with Crippen LogP contribution in [0, 0.1) is 57.7 Å². The molecule has 0 aromatic carbocycles. The van der Waals surface area contributed by atoms with Crippen LogP contribution in [0.1, 0.15) is 79.6 Å². The second-order valence-corrected chi connectivity index (χ2v) is 14.0. The second kappa shape index (κ2) is 8.05. The summed E-state index contributed by atoms with van der Waals surface area (Å²) in [4.78, 5) is 25.3. The largest absolute Gasteiger partial charge is 0.465 e. The van der Waals surface area contributed by atoms with Gasteiger partial charge in [-0.1, -0.05) is 32.4 Å². The summed E-state index contributed by atoms with van der Waals surface area (Å²) in [5, 5.41) is 21.9. The summed E-state index contributed by atoms with van der Waals surface area (Å²) < 4.78 is 11.6. The second-order valence-electron chi connectivity index (χ2n) is 14.0. The van der Waals surface area contributed by atoms with Crippen molar-refractivity contribution >= 4 is 11.9 Å². The minimum Gasteiger partial charge on any atom is -0.465 e. The van der Waals surface area contributed by atoms with Crippen molar-refractivity contribution in [3.05, 3.63) is 11.6 Å². The number of hydrogen-bond donors (Lipinski definition) is 2. The van der Waals surface area contributed by atoms with Gasteiger partial charge in [0.25, 0.3) is 0 Å². The van der Waals surface area contributed by atoms with Gasteiger partial charge in [-0.15, -0.1) is 0 Å². The topological polar surface area (TPSA) is 93.1 Å². The fourth-order valence-electron chi connectivity index (χ4n) is 10.9. The molecular formula is C30H44O6. The number of rotatable bonds is 1. The van der Waals surface area contributed by atoms with Gasteiger partial charge in [0.2, 0.25) is 0 Å². The van der Waals surface area contributed by atoms with Crippen molar-refractivity contribution in [2.75, 3.05) is 6.61 Å². The number of carbonyl (C=O) groups excluding carboxylic acids is 2. The molecule has 0 radical (unpaired) electrons. The number of cyclic esters (lactones) is 1. The van der Waals surface area contributed by atoms with Crippen molar-refractivity contribution in [3.8, 4) is 0 Å². The van der Waals surface area contributed by atoms with E-state index in [-0.39, 0.29) is 52.5 Å². The Kier molecular flexibility index (Phi) is 5.57. The van der Waals surface area contributed by atoms with E-state index in [1.165, 1.54) is 12.5 Å². The van der Waals surface area contributed by atoms with Crippen LogP contribution in [-0.2, 0) is 19.1 Å². The molecule has 6 aliphatic rings. The van der Waals surface area contributed by atoms with Gasteiger partial charge in [-0.25, -0.2) is 0 Å². The number of fused-ring (bicyclic) bond motifs is 9. The molecule has 1 unspecified atom stereocenters. The van der Waals surface area contributed by atoms with E-state index in [0.29, 0.717) is 43.6 Å². The van der Waals surface area contributed by atoms with Gasteiger partial charge >= 0.3 is 11.9 Å². The molecule has 4 saturated carbocycles. The van der Waals surface area contributed by atoms with E-state index < -0.39 is 17.6 Å². The van der Waals surface area contributed by atoms with Crippen molar-refractivity contribution in [1.82, 2.24) is 0 Å². The molecule has 36 heavy (non-hydrogen) atoms. The summed E-state index contributed by atoms with van der Waals surface area (Å²) in [6.07, 6.45) is 7.09. The average molecular weight is 501 g/mol. The average Bonchev–Trinajstić information content (AvgIpc) is 3.25. The minimum atomic E-state index is -0.527. The van der Waals surface area contributed by atoms with E-state index in [1.54, 1.807) is 0 Å². The number of ether oxygens (including phenoxy) is 2. The highest BCUT2D eigenvalue weighted by Crippen LogP contribution is 2.72. The van der Waals surface area contributed by atoms with Crippen molar-refractivity contribution in [2.45, 2.75) is 97.9 Å². The van der Waals surface area contributed by atoms with Crippen LogP contribution < -0.4 is 0 Å². The van der Waals surface area contributed by atoms with Gasteiger partial charge in [-0.05, 0) is 86.4 Å². The summed E-state index contributed by atoms with van der Waals surface area (Å²) in [6.45, 7) is 11.0. The maximum Gasteiger partial charge on any atom is 0.312 e. The molecule has 1 heterocycles. The zero-order chi connectivity index (χ0) is 25.8. The Morgan fingerprint density at radius 2 is 1.83 bits per heavy atom. The summed E-state index contributed by atoms with van der Waals surface area (Å²) in [5.41, 5.74) is 0.532. The first kappa shape index (κ1) is 24.9. The van der Waals surface area contributed by atoms with Crippen LogP contribution >= 0.6 is 0 Å². The Balaban J connectivity index is 1.40. The summed E-state index contributed by atoms with van der Waals surface area (Å²) in [7, 11) is 0. The lowest BCUT2D eigenvalue weighted by Crippen LogP contribution is -2.56. The standard InChI is InChI=1S/C30H44O6/c1-15-24(33)11-18-14-35-27(34)30(18,5)23-13-22-20-7-6-17-10-19(32)12-25(36-16(2)31)29(17,4)21(20)8-9-28(22,3)26(15)23/h6,15,18-26,32-33H,7-14H2,1-5H3/t15-,18-,19-,20-,21+,22+,23?,24-,25+,26+,28+,29+,30+/m1/s1. The number of hydrogen-bond acceptors (Lipinski definition) is 6. The van der Waals surface area contributed by atoms with Gasteiger partial charge in [0.05, 0.1) is 24.2 Å². The highest BCUT2D eigenvalue weighted by molar-refractivity contribution is 5.79. The Labute approximate surface area is 215 Å². The SMILES string of the molecule is CC(=O)O[C@H]1C[C@H](O)CC2=CC[C@H]3[C@@H]4CC5[C@H]([C@H](C)[C@H](O)C[C@@H]6COC(=O)[C@]56C)[C@@]4(C)CC[C@@H]3[C@]21C. The van der Waals surface area contributed by atoms with Crippen LogP contribution in [-0.4, -0.2) is 47.1 Å². The lowest BCUT2D eigenvalue weighted by atomic mass is 9.46. The molecule has 6 heteroatoms. The molecule has 5 fully saturated rings. The Morgan fingerprint density at radius 1 is 1.08 bits per heavy atom. The molecule has 2 N–H and O–H groups in total. The summed E-state index contributed by atoms with van der Waals surface area (Å²) in [6, 6.07) is 0. The quantitative estimate of drug-likeness (QED) is 0.413. The molecule has 200 valence electrons. The monoisotopic (exact) mass is 500 g/mol. The smallest absolute Gasteiger partial charge is 0.312 e. The first-order valence-corrected chi connectivity index (χ1v) is 14.3. The molecule has 6 nitrogen and oxygen atoms in total. The highest BCUT2D eigenvalue weighted by atomic mass is 16.5. The molecule has 0 amide bonds. The highest BCUT2D eigenvalue weighted by Gasteiger charge is 2.70. The predicted octanol–water partition coefficient (Wildman–Crippen LogP) is 4.27. The van der Waals surface area contributed by atoms with Gasteiger partial charge in [0, 0.05) is 24.7 Å². The number of esters is 2. The van der Waals surface area contributed by atoms with Crippen LogP contribution in [0.15, 0.2) is 11.6 Å². The lowest BCUT2D eigenvalue weighted by Gasteiger charge is -2.60. The first-order valence-electron chi connectivity index (χ1n) is 14.3. The third-order valence-corrected chi connectivity index (χ3v) is 12.8. The van der Waals surface area contributed by atoms with E-state index in [4.69, 9.17) is 9.47 Å². The third kappa shape index (κ3) is 3.09. The van der Waals surface area contributed by atoms with Crippen LogP contribution in [0.2, 0.25) is 0 Å². The van der Waals surface area contributed by atoms with Crippen LogP contribution in [0.4, 0.5) is 0 Å². The molecule has 13 atom stereocenters. The number of aliphatic hydroxyl groups is 2. The van der Waals surface area contributed by atoms with Crippen molar-refractivity contribution in [2.24, 2.45) is 57.7 Å². The van der Waals surface area contributed by atoms with Gasteiger partial charge in [-0.2, -0.15) is 0 Å². The molecule has 0 aromatic heterocycles. The fourth-order valence-corrected chi connectivity index (χ4v) is 10.9. The molecule has 0 aromatic rings. The molecule has 1 aliphatic heterocycles. The fraction of sp³-hybridized carbons (Fsp3) is 0.867. The number of allylic oxidation sites excluding steroid dienone is 1. The molecule has 1 saturated heterocycles. The molecule has 6 rings (SSSR count). The zero-order valence-electron chi connectivity index (χ0n) is 22.5. The van der Waals surface area contributed by atoms with E-state index in [1.807, 2.05) is 0 Å². The van der Waals surface area contributed by atoms with Crippen molar-refractivity contribution in [3.63, 3.8) is 0 Å². The zero-order valence-corrected chi connectivity index (χ0v) is 22.5. The normalized spacial score (nSPS) is 55.6. The minimum absolute atomic E-state index is 0.0554. The number of carbonyl (C=O) groups is 2. The van der Waals surface area contributed by atoms with Crippen molar-refractivity contribution < 1.29 is 29.3 Å². The van der Waals surface area contributed by atoms with E-state index in [9.17, 15) is 19.8 Å². The summed E-state index contributed by atoms with van der Waals surface area (Å²) >= 11 is 0. The Morgan fingerprint density at radius 3 is 2.56 bits per heavy atom. The van der Waals surface area contributed by atoms with Gasteiger partial charge in [0.15, 0.2) is 0 Å². The Bertz CT molecular complexity index is 990.